The quantitative estimate of drug-likeness (QED) is 0.642. The molecule has 4 rings (SSSR count). The van der Waals surface area contributed by atoms with E-state index in [1.165, 1.54) is 5.39 Å². The largest absolute Gasteiger partial charge is 0.465 e. The van der Waals surface area contributed by atoms with Crippen LogP contribution in [0, 0.1) is 0 Å². The van der Waals surface area contributed by atoms with E-state index in [0.29, 0.717) is 6.61 Å². The van der Waals surface area contributed by atoms with Crippen molar-refractivity contribution in [3.05, 3.63) is 71.8 Å². The monoisotopic (exact) mass is 302 g/mol. The standard InChI is InChI=1S/C21H18O2/c1-3-23-20(22)21(2)18-11-7-6-10-16(18)17-12-14-8-4-5-9-15(14)13-19(17)21/h4-13H,3H2,1-2H3. The maximum Gasteiger partial charge on any atom is 0.320 e. The predicted octanol–water partition coefficient (Wildman–Crippen LogP) is 4.69. The molecule has 0 aromatic heterocycles. The molecule has 1 aliphatic rings. The van der Waals surface area contributed by atoms with Gasteiger partial charge in [-0.2, -0.15) is 0 Å². The first kappa shape index (κ1) is 14.0. The summed E-state index contributed by atoms with van der Waals surface area (Å²) >= 11 is 0. The van der Waals surface area contributed by atoms with Gasteiger partial charge in [0, 0.05) is 0 Å². The molecule has 1 atom stereocenters. The van der Waals surface area contributed by atoms with Gasteiger partial charge in [-0.25, -0.2) is 0 Å². The molecule has 0 aliphatic heterocycles. The fraction of sp³-hybridized carbons (Fsp3) is 0.190. The molecule has 3 aromatic rings. The van der Waals surface area contributed by atoms with Gasteiger partial charge in [-0.1, -0.05) is 48.5 Å². The Hall–Kier alpha value is -2.61. The molecular weight excluding hydrogens is 284 g/mol. The Balaban J connectivity index is 2.07. The van der Waals surface area contributed by atoms with E-state index in [9.17, 15) is 4.79 Å². The van der Waals surface area contributed by atoms with Crippen molar-refractivity contribution in [1.29, 1.82) is 0 Å². The molecule has 114 valence electrons. The highest BCUT2D eigenvalue weighted by atomic mass is 16.5. The molecule has 0 saturated carbocycles. The number of hydrogen-bond acceptors (Lipinski definition) is 2. The van der Waals surface area contributed by atoms with E-state index in [1.807, 2.05) is 44.2 Å². The van der Waals surface area contributed by atoms with Crippen molar-refractivity contribution in [2.45, 2.75) is 19.3 Å². The minimum atomic E-state index is -0.744. The van der Waals surface area contributed by atoms with E-state index in [1.54, 1.807) is 0 Å². The van der Waals surface area contributed by atoms with Crippen LogP contribution in [-0.2, 0) is 14.9 Å². The predicted molar refractivity (Wildman–Crippen MR) is 92.5 cm³/mol. The van der Waals surface area contributed by atoms with E-state index < -0.39 is 5.41 Å². The number of ether oxygens (including phenoxy) is 1. The van der Waals surface area contributed by atoms with Crippen LogP contribution in [0.5, 0.6) is 0 Å². The first-order chi connectivity index (χ1) is 11.2. The number of rotatable bonds is 2. The third-order valence-corrected chi connectivity index (χ3v) is 4.86. The second kappa shape index (κ2) is 4.95. The van der Waals surface area contributed by atoms with Gasteiger partial charge in [0.2, 0.25) is 0 Å². The Morgan fingerprint density at radius 1 is 0.913 bits per heavy atom. The molecule has 0 radical (unpaired) electrons. The van der Waals surface area contributed by atoms with Gasteiger partial charge in [-0.15, -0.1) is 0 Å². The zero-order valence-corrected chi connectivity index (χ0v) is 13.3. The third-order valence-electron chi connectivity index (χ3n) is 4.86. The Bertz CT molecular complexity index is 926. The number of hydrogen-bond donors (Lipinski definition) is 0. The van der Waals surface area contributed by atoms with Crippen LogP contribution in [-0.4, -0.2) is 12.6 Å². The molecule has 0 heterocycles. The zero-order chi connectivity index (χ0) is 16.0. The summed E-state index contributed by atoms with van der Waals surface area (Å²) in [5.74, 6) is -0.179. The Morgan fingerprint density at radius 2 is 1.57 bits per heavy atom. The molecule has 0 saturated heterocycles. The maximum atomic E-state index is 12.8. The summed E-state index contributed by atoms with van der Waals surface area (Å²) in [4.78, 5) is 12.8. The summed E-state index contributed by atoms with van der Waals surface area (Å²) in [6.45, 7) is 4.22. The molecule has 1 aliphatic carbocycles. The molecule has 0 amide bonds. The van der Waals surface area contributed by atoms with Crippen LogP contribution in [0.2, 0.25) is 0 Å². The summed E-state index contributed by atoms with van der Waals surface area (Å²) in [7, 11) is 0. The van der Waals surface area contributed by atoms with Gasteiger partial charge in [0.15, 0.2) is 0 Å². The van der Waals surface area contributed by atoms with Gasteiger partial charge in [0.1, 0.15) is 5.41 Å². The lowest BCUT2D eigenvalue weighted by Gasteiger charge is -2.25. The minimum absolute atomic E-state index is 0.179. The van der Waals surface area contributed by atoms with Crippen LogP contribution < -0.4 is 0 Å². The van der Waals surface area contributed by atoms with Crippen molar-refractivity contribution < 1.29 is 9.53 Å². The van der Waals surface area contributed by atoms with Crippen molar-refractivity contribution in [2.75, 3.05) is 6.61 Å². The third kappa shape index (κ3) is 1.84. The highest BCUT2D eigenvalue weighted by Crippen LogP contribution is 2.50. The van der Waals surface area contributed by atoms with Crippen molar-refractivity contribution in [3.63, 3.8) is 0 Å². The first-order valence-electron chi connectivity index (χ1n) is 7.96. The average molecular weight is 302 g/mol. The summed E-state index contributed by atoms with van der Waals surface area (Å²) in [6, 6.07) is 20.7. The highest BCUT2D eigenvalue weighted by molar-refractivity contribution is 6.01. The van der Waals surface area contributed by atoms with Crippen LogP contribution >= 0.6 is 0 Å². The summed E-state index contributed by atoms with van der Waals surface area (Å²) in [6.07, 6.45) is 0. The van der Waals surface area contributed by atoms with Gasteiger partial charge in [-0.3, -0.25) is 4.79 Å². The lowest BCUT2D eigenvalue weighted by atomic mass is 9.79. The van der Waals surface area contributed by atoms with Gasteiger partial charge >= 0.3 is 5.97 Å². The SMILES string of the molecule is CCOC(=O)C1(C)c2ccccc2-c2cc3ccccc3cc21. The van der Waals surface area contributed by atoms with Crippen LogP contribution in [0.4, 0.5) is 0 Å². The number of carbonyl (C=O) groups excluding carboxylic acids is 1. The topological polar surface area (TPSA) is 26.3 Å². The van der Waals surface area contributed by atoms with E-state index in [4.69, 9.17) is 4.74 Å². The Morgan fingerprint density at radius 3 is 2.30 bits per heavy atom. The van der Waals surface area contributed by atoms with Gasteiger partial charge in [0.25, 0.3) is 0 Å². The number of carbonyl (C=O) groups is 1. The van der Waals surface area contributed by atoms with Crippen LogP contribution in [0.1, 0.15) is 25.0 Å². The first-order valence-corrected chi connectivity index (χ1v) is 7.96. The van der Waals surface area contributed by atoms with Crippen LogP contribution in [0.15, 0.2) is 60.7 Å². The van der Waals surface area contributed by atoms with E-state index >= 15 is 0 Å². The molecule has 0 bridgehead atoms. The van der Waals surface area contributed by atoms with E-state index in [0.717, 1.165) is 27.6 Å². The van der Waals surface area contributed by atoms with Crippen molar-refractivity contribution in [2.24, 2.45) is 0 Å². The molecule has 3 aromatic carbocycles. The normalized spacial score (nSPS) is 18.5. The average Bonchev–Trinajstić information content (AvgIpc) is 2.84. The fourth-order valence-corrected chi connectivity index (χ4v) is 3.67. The number of benzene rings is 3. The molecule has 0 fully saturated rings. The molecule has 23 heavy (non-hydrogen) atoms. The van der Waals surface area contributed by atoms with Crippen LogP contribution in [0.25, 0.3) is 21.9 Å². The number of fused-ring (bicyclic) bond motifs is 4. The minimum Gasteiger partial charge on any atom is -0.465 e. The molecule has 1 unspecified atom stereocenters. The van der Waals surface area contributed by atoms with Gasteiger partial charge < -0.3 is 4.74 Å². The zero-order valence-electron chi connectivity index (χ0n) is 13.3. The second-order valence-corrected chi connectivity index (χ2v) is 6.14. The summed E-state index contributed by atoms with van der Waals surface area (Å²) < 4.78 is 5.42. The molecule has 2 heteroatoms. The van der Waals surface area contributed by atoms with Crippen LogP contribution in [0.3, 0.4) is 0 Å². The summed E-state index contributed by atoms with van der Waals surface area (Å²) in [5, 5.41) is 2.34. The molecule has 0 N–H and O–H groups in total. The van der Waals surface area contributed by atoms with Crippen molar-refractivity contribution in [3.8, 4) is 11.1 Å². The van der Waals surface area contributed by atoms with E-state index in [2.05, 4.69) is 30.3 Å². The van der Waals surface area contributed by atoms with Gasteiger partial charge in [0.05, 0.1) is 6.61 Å². The maximum absolute atomic E-state index is 12.8. The molecule has 2 nitrogen and oxygen atoms in total. The lowest BCUT2D eigenvalue weighted by molar-refractivity contribution is -0.147. The molecular formula is C21H18O2. The lowest BCUT2D eigenvalue weighted by Crippen LogP contribution is -2.33. The smallest absolute Gasteiger partial charge is 0.320 e. The number of esters is 1. The van der Waals surface area contributed by atoms with Crippen molar-refractivity contribution >= 4 is 16.7 Å². The second-order valence-electron chi connectivity index (χ2n) is 6.14. The fourth-order valence-electron chi connectivity index (χ4n) is 3.67. The highest BCUT2D eigenvalue weighted by Gasteiger charge is 2.46. The van der Waals surface area contributed by atoms with Gasteiger partial charge in [-0.05, 0) is 59.0 Å². The molecule has 0 spiro atoms. The van der Waals surface area contributed by atoms with E-state index in [-0.39, 0.29) is 5.97 Å². The Kier molecular flexibility index (Phi) is 3.02. The Labute approximate surface area is 135 Å². The summed E-state index contributed by atoms with van der Waals surface area (Å²) in [5.41, 5.74) is 3.59. The van der Waals surface area contributed by atoms with Crippen molar-refractivity contribution in [1.82, 2.24) is 0 Å².